The van der Waals surface area contributed by atoms with E-state index in [-0.39, 0.29) is 24.0 Å². The molecule has 0 aliphatic heterocycles. The number of benzene rings is 3. The fourth-order valence-corrected chi connectivity index (χ4v) is 4.02. The lowest BCUT2D eigenvalue weighted by molar-refractivity contribution is -0.145. The number of nitrogens with zero attached hydrogens (tertiary/aromatic N) is 1. The molecule has 3 aromatic rings. The molecule has 10 heteroatoms. The minimum absolute atomic E-state index is 0.0539. The topological polar surface area (TPSA) is 49.8 Å². The highest BCUT2D eigenvalue weighted by Crippen LogP contribution is 2.37. The summed E-state index contributed by atoms with van der Waals surface area (Å²) in [5.41, 5.74) is -1.42. The van der Waals surface area contributed by atoms with Crippen LogP contribution in [-0.4, -0.2) is 35.8 Å². The van der Waals surface area contributed by atoms with Gasteiger partial charge in [0, 0.05) is 5.92 Å². The second-order valence-electron chi connectivity index (χ2n) is 8.60. The Balaban J connectivity index is 1.94. The van der Waals surface area contributed by atoms with Gasteiger partial charge in [-0.05, 0) is 48.4 Å². The molecule has 0 aliphatic rings. The largest absolute Gasteiger partial charge is 0.480 e. The van der Waals surface area contributed by atoms with Crippen molar-refractivity contribution in [3.8, 4) is 0 Å². The SMILES string of the molecule is CN(CC(=O)O)[C@@H](CC(c1ccccc1)c1ccccc1)OCc1cc(C(F)(F)F)cc(C(F)(F)F)c1. The average Bonchev–Trinajstić information content (AvgIpc) is 2.83. The molecule has 0 radical (unpaired) electrons. The van der Waals surface area contributed by atoms with Crippen molar-refractivity contribution in [1.82, 2.24) is 4.90 Å². The van der Waals surface area contributed by atoms with E-state index in [1.165, 1.54) is 11.9 Å². The number of alkyl halides is 6. The van der Waals surface area contributed by atoms with E-state index >= 15 is 0 Å². The van der Waals surface area contributed by atoms with Crippen molar-refractivity contribution in [3.63, 3.8) is 0 Å². The van der Waals surface area contributed by atoms with Gasteiger partial charge in [-0.1, -0.05) is 60.7 Å². The zero-order valence-electron chi connectivity index (χ0n) is 19.8. The first kappa shape index (κ1) is 28.2. The van der Waals surface area contributed by atoms with Crippen LogP contribution in [0.2, 0.25) is 0 Å². The summed E-state index contributed by atoms with van der Waals surface area (Å²) in [7, 11) is 1.47. The van der Waals surface area contributed by atoms with Gasteiger partial charge >= 0.3 is 18.3 Å². The lowest BCUT2D eigenvalue weighted by Gasteiger charge is -2.31. The maximum Gasteiger partial charge on any atom is 0.416 e. The van der Waals surface area contributed by atoms with E-state index in [2.05, 4.69) is 0 Å². The van der Waals surface area contributed by atoms with Crippen molar-refractivity contribution in [2.75, 3.05) is 13.6 Å². The molecule has 1 atom stereocenters. The van der Waals surface area contributed by atoms with Crippen LogP contribution in [0.4, 0.5) is 26.3 Å². The minimum Gasteiger partial charge on any atom is -0.480 e. The van der Waals surface area contributed by atoms with Crippen LogP contribution < -0.4 is 0 Å². The highest BCUT2D eigenvalue weighted by molar-refractivity contribution is 5.69. The summed E-state index contributed by atoms with van der Waals surface area (Å²) in [6, 6.07) is 19.8. The summed E-state index contributed by atoms with van der Waals surface area (Å²) < 4.78 is 85.5. The fraction of sp³-hybridized carbons (Fsp3) is 0.296. The molecule has 0 heterocycles. The molecule has 0 unspecified atom stereocenters. The molecule has 0 aromatic heterocycles. The highest BCUT2D eigenvalue weighted by Gasteiger charge is 2.37. The van der Waals surface area contributed by atoms with Crippen LogP contribution >= 0.6 is 0 Å². The Hall–Kier alpha value is -3.37. The molecule has 4 nitrogen and oxygen atoms in total. The molecule has 3 rings (SSSR count). The third-order valence-electron chi connectivity index (χ3n) is 5.81. The lowest BCUT2D eigenvalue weighted by Crippen LogP contribution is -2.39. The fourth-order valence-electron chi connectivity index (χ4n) is 4.02. The monoisotopic (exact) mass is 525 g/mol. The van der Waals surface area contributed by atoms with E-state index in [1.807, 2.05) is 60.7 Å². The summed E-state index contributed by atoms with van der Waals surface area (Å²) in [4.78, 5) is 12.7. The molecule has 0 aliphatic carbocycles. The number of aliphatic carboxylic acids is 1. The highest BCUT2D eigenvalue weighted by atomic mass is 19.4. The van der Waals surface area contributed by atoms with Crippen LogP contribution in [0.3, 0.4) is 0 Å². The van der Waals surface area contributed by atoms with E-state index in [9.17, 15) is 36.2 Å². The Labute approximate surface area is 210 Å². The maximum absolute atomic E-state index is 13.3. The molecular weight excluding hydrogens is 500 g/mol. The van der Waals surface area contributed by atoms with Crippen LogP contribution in [0.5, 0.6) is 0 Å². The van der Waals surface area contributed by atoms with Crippen molar-refractivity contribution in [2.24, 2.45) is 0 Å². The predicted molar refractivity (Wildman–Crippen MR) is 125 cm³/mol. The molecule has 37 heavy (non-hydrogen) atoms. The van der Waals surface area contributed by atoms with Crippen molar-refractivity contribution in [1.29, 1.82) is 0 Å². The third kappa shape index (κ3) is 8.06. The summed E-state index contributed by atoms with van der Waals surface area (Å²) in [5.74, 6) is -1.44. The number of rotatable bonds is 10. The van der Waals surface area contributed by atoms with Crippen molar-refractivity contribution in [2.45, 2.75) is 37.5 Å². The molecule has 0 fully saturated rings. The minimum atomic E-state index is -4.98. The number of hydrogen-bond acceptors (Lipinski definition) is 3. The molecule has 0 bridgehead atoms. The number of ether oxygens (including phenoxy) is 1. The second-order valence-corrected chi connectivity index (χ2v) is 8.60. The van der Waals surface area contributed by atoms with Crippen LogP contribution in [0, 0.1) is 0 Å². The van der Waals surface area contributed by atoms with Crippen molar-refractivity contribution >= 4 is 5.97 Å². The number of halogens is 6. The predicted octanol–water partition coefficient (Wildman–Crippen LogP) is 6.81. The van der Waals surface area contributed by atoms with Crippen LogP contribution in [0.1, 0.15) is 40.2 Å². The van der Waals surface area contributed by atoms with Gasteiger partial charge in [0.2, 0.25) is 0 Å². The van der Waals surface area contributed by atoms with E-state index < -0.39 is 48.8 Å². The van der Waals surface area contributed by atoms with E-state index in [4.69, 9.17) is 4.74 Å². The van der Waals surface area contributed by atoms with Gasteiger partial charge in [0.15, 0.2) is 0 Å². The van der Waals surface area contributed by atoms with Gasteiger partial charge < -0.3 is 9.84 Å². The van der Waals surface area contributed by atoms with E-state index in [1.54, 1.807) is 0 Å². The summed E-state index contributed by atoms with van der Waals surface area (Å²) in [6.07, 6.45) is -10.7. The Bertz CT molecular complexity index is 1090. The quantitative estimate of drug-likeness (QED) is 0.234. The average molecular weight is 525 g/mol. The second kappa shape index (κ2) is 11.8. The van der Waals surface area contributed by atoms with Gasteiger partial charge in [-0.2, -0.15) is 26.3 Å². The molecule has 0 saturated heterocycles. The van der Waals surface area contributed by atoms with E-state index in [0.717, 1.165) is 11.1 Å². The number of likely N-dealkylation sites (N-methyl/N-ethyl adjacent to an activating group) is 1. The van der Waals surface area contributed by atoms with Gasteiger partial charge in [-0.3, -0.25) is 9.69 Å². The first-order chi connectivity index (χ1) is 17.3. The molecule has 0 amide bonds. The number of carboxylic acid groups (broad SMARTS) is 1. The third-order valence-corrected chi connectivity index (χ3v) is 5.81. The number of hydrogen-bond donors (Lipinski definition) is 1. The molecule has 0 saturated carbocycles. The van der Waals surface area contributed by atoms with E-state index in [0.29, 0.717) is 12.1 Å². The smallest absolute Gasteiger partial charge is 0.416 e. The van der Waals surface area contributed by atoms with Crippen LogP contribution in [0.15, 0.2) is 78.9 Å². The standard InChI is InChI=1S/C27H25F6NO3/c1-34(16-25(35)36)24(15-23(19-8-4-2-5-9-19)20-10-6-3-7-11-20)37-17-18-12-21(26(28,29)30)14-22(13-18)27(31,32)33/h2-14,23-24H,15-17H2,1H3,(H,35,36)/t24-/m1/s1. The summed E-state index contributed by atoms with van der Waals surface area (Å²) in [6.45, 7) is -1.03. The Morgan fingerprint density at radius 2 is 1.30 bits per heavy atom. The summed E-state index contributed by atoms with van der Waals surface area (Å²) >= 11 is 0. The Morgan fingerprint density at radius 1 is 0.838 bits per heavy atom. The molecule has 0 spiro atoms. The zero-order chi connectivity index (χ0) is 27.2. The van der Waals surface area contributed by atoms with Crippen LogP contribution in [-0.2, 0) is 28.5 Å². The number of carboxylic acids is 1. The molecule has 3 aromatic carbocycles. The van der Waals surface area contributed by atoms with Crippen molar-refractivity contribution < 1.29 is 41.0 Å². The molecular formula is C27H25F6NO3. The number of carbonyl (C=O) groups is 1. The maximum atomic E-state index is 13.3. The first-order valence-electron chi connectivity index (χ1n) is 11.3. The van der Waals surface area contributed by atoms with Gasteiger partial charge in [-0.25, -0.2) is 0 Å². The van der Waals surface area contributed by atoms with Gasteiger partial charge in [0.05, 0.1) is 24.3 Å². The molecule has 1 N–H and O–H groups in total. The van der Waals surface area contributed by atoms with Gasteiger partial charge in [0.25, 0.3) is 0 Å². The zero-order valence-corrected chi connectivity index (χ0v) is 19.8. The Morgan fingerprint density at radius 3 is 1.70 bits per heavy atom. The van der Waals surface area contributed by atoms with Crippen LogP contribution in [0.25, 0.3) is 0 Å². The normalized spacial score (nSPS) is 13.2. The first-order valence-corrected chi connectivity index (χ1v) is 11.3. The Kier molecular flexibility index (Phi) is 8.98. The van der Waals surface area contributed by atoms with Gasteiger partial charge in [-0.15, -0.1) is 0 Å². The van der Waals surface area contributed by atoms with Crippen molar-refractivity contribution in [3.05, 3.63) is 107 Å². The molecule has 198 valence electrons. The lowest BCUT2D eigenvalue weighted by atomic mass is 9.88. The van der Waals surface area contributed by atoms with Gasteiger partial charge in [0.1, 0.15) is 6.23 Å². The summed E-state index contributed by atoms with van der Waals surface area (Å²) in [5, 5.41) is 9.29.